The van der Waals surface area contributed by atoms with Crippen LogP contribution in [0, 0.1) is 0 Å². The van der Waals surface area contributed by atoms with Crippen LogP contribution >= 0.6 is 0 Å². The lowest BCUT2D eigenvalue weighted by Crippen LogP contribution is -1.91. The molecule has 8 aromatic carbocycles. The molecule has 0 saturated carbocycles. The minimum atomic E-state index is 0.874. The van der Waals surface area contributed by atoms with Crippen molar-refractivity contribution < 1.29 is 0 Å². The standard InChI is InChI=1S/C38H22N2/c1-2-7-23(8-3-1)33-21-40-34(22-39-33)28-19-27-18-17-26-10-5-13-30-29-12-4-9-24-15-16-25-11-6-14-31(37(25)35(24)29)32(20-28)38(27)36(26)30/h1-22H. The van der Waals surface area contributed by atoms with E-state index in [2.05, 4.69) is 103 Å². The van der Waals surface area contributed by atoms with Crippen molar-refractivity contribution in [3.05, 3.63) is 134 Å². The average molecular weight is 507 g/mol. The van der Waals surface area contributed by atoms with Gasteiger partial charge >= 0.3 is 0 Å². The van der Waals surface area contributed by atoms with Crippen molar-refractivity contribution in [2.24, 2.45) is 0 Å². The number of fused-ring (bicyclic) bond motifs is 2. The maximum atomic E-state index is 4.89. The summed E-state index contributed by atoms with van der Waals surface area (Å²) in [6, 6.07) is 44.0. The van der Waals surface area contributed by atoms with Gasteiger partial charge in [0.25, 0.3) is 0 Å². The van der Waals surface area contributed by atoms with Crippen molar-refractivity contribution >= 4 is 64.6 Å². The predicted octanol–water partition coefficient (Wildman–Crippen LogP) is 10.2. The number of aromatic nitrogens is 2. The first-order valence-corrected chi connectivity index (χ1v) is 13.7. The van der Waals surface area contributed by atoms with E-state index in [1.807, 2.05) is 30.6 Å². The Bertz CT molecular complexity index is 2400. The maximum absolute atomic E-state index is 4.89. The quantitative estimate of drug-likeness (QED) is 0.218. The number of benzene rings is 7. The minimum absolute atomic E-state index is 0.874. The Morgan fingerprint density at radius 2 is 0.800 bits per heavy atom. The van der Waals surface area contributed by atoms with Gasteiger partial charge in [-0.05, 0) is 76.8 Å². The Hall–Kier alpha value is -5.34. The molecule has 184 valence electrons. The molecular weight excluding hydrogens is 484 g/mol. The van der Waals surface area contributed by atoms with Crippen LogP contribution < -0.4 is 0 Å². The third-order valence-corrected chi connectivity index (χ3v) is 8.44. The molecule has 0 unspecified atom stereocenters. The maximum Gasteiger partial charge on any atom is 0.0886 e. The third kappa shape index (κ3) is 2.99. The molecule has 9 rings (SSSR count). The van der Waals surface area contributed by atoms with Crippen LogP contribution in [0.2, 0.25) is 0 Å². The lowest BCUT2D eigenvalue weighted by Gasteiger charge is -2.16. The Morgan fingerprint density at radius 1 is 0.325 bits per heavy atom. The topological polar surface area (TPSA) is 25.8 Å². The van der Waals surface area contributed by atoms with Gasteiger partial charge in [-0.3, -0.25) is 9.97 Å². The summed E-state index contributed by atoms with van der Waals surface area (Å²) < 4.78 is 0. The second kappa shape index (κ2) is 8.08. The van der Waals surface area contributed by atoms with Gasteiger partial charge in [-0.25, -0.2) is 0 Å². The summed E-state index contributed by atoms with van der Waals surface area (Å²) in [6.07, 6.45) is 3.79. The molecule has 1 heterocycles. The largest absolute Gasteiger partial charge is 0.252 e. The van der Waals surface area contributed by atoms with E-state index >= 15 is 0 Å². The van der Waals surface area contributed by atoms with E-state index in [1.165, 1.54) is 64.6 Å². The summed E-state index contributed by atoms with van der Waals surface area (Å²) in [4.78, 5) is 9.68. The van der Waals surface area contributed by atoms with E-state index in [0.29, 0.717) is 0 Å². The van der Waals surface area contributed by atoms with Gasteiger partial charge in [0.05, 0.1) is 23.8 Å². The smallest absolute Gasteiger partial charge is 0.0886 e. The van der Waals surface area contributed by atoms with E-state index in [0.717, 1.165) is 22.5 Å². The summed E-state index contributed by atoms with van der Waals surface area (Å²) in [7, 11) is 0. The van der Waals surface area contributed by atoms with E-state index in [1.54, 1.807) is 0 Å². The number of hydrogen-bond donors (Lipinski definition) is 0. The average Bonchev–Trinajstić information content (AvgIpc) is 3.03. The van der Waals surface area contributed by atoms with Crippen molar-refractivity contribution in [1.82, 2.24) is 9.97 Å². The molecule has 9 aromatic rings. The molecule has 1 aromatic heterocycles. The molecule has 0 fully saturated rings. The summed E-state index contributed by atoms with van der Waals surface area (Å²) in [5.74, 6) is 0. The summed E-state index contributed by atoms with van der Waals surface area (Å²) >= 11 is 0. The van der Waals surface area contributed by atoms with Gasteiger partial charge in [0.2, 0.25) is 0 Å². The van der Waals surface area contributed by atoms with Crippen LogP contribution in [0.25, 0.3) is 87.1 Å². The fourth-order valence-corrected chi connectivity index (χ4v) is 6.67. The Balaban J connectivity index is 1.46. The van der Waals surface area contributed by atoms with Crippen molar-refractivity contribution in [1.29, 1.82) is 0 Å². The van der Waals surface area contributed by atoms with Gasteiger partial charge in [-0.2, -0.15) is 0 Å². The van der Waals surface area contributed by atoms with E-state index in [-0.39, 0.29) is 0 Å². The van der Waals surface area contributed by atoms with Gasteiger partial charge < -0.3 is 0 Å². The van der Waals surface area contributed by atoms with E-state index in [9.17, 15) is 0 Å². The highest BCUT2D eigenvalue weighted by molar-refractivity contribution is 6.37. The van der Waals surface area contributed by atoms with Crippen LogP contribution in [-0.4, -0.2) is 9.97 Å². The molecule has 0 saturated heterocycles. The first-order valence-electron chi connectivity index (χ1n) is 13.7. The Kier molecular flexibility index (Phi) is 4.36. The normalized spacial score (nSPS) is 12.0. The van der Waals surface area contributed by atoms with Crippen molar-refractivity contribution in [2.75, 3.05) is 0 Å². The number of hydrogen-bond acceptors (Lipinski definition) is 2. The molecule has 0 aliphatic rings. The lowest BCUT2D eigenvalue weighted by atomic mass is 9.87. The molecule has 0 amide bonds. The summed E-state index contributed by atoms with van der Waals surface area (Å²) in [5.41, 5.74) is 3.90. The monoisotopic (exact) mass is 506 g/mol. The first kappa shape index (κ1) is 21.6. The minimum Gasteiger partial charge on any atom is -0.252 e. The van der Waals surface area contributed by atoms with Crippen LogP contribution in [0.5, 0.6) is 0 Å². The van der Waals surface area contributed by atoms with Crippen LogP contribution in [0.15, 0.2) is 134 Å². The first-order chi connectivity index (χ1) is 19.8. The van der Waals surface area contributed by atoms with Gasteiger partial charge in [0, 0.05) is 11.1 Å². The van der Waals surface area contributed by atoms with E-state index < -0.39 is 0 Å². The molecule has 0 aliphatic heterocycles. The molecule has 0 N–H and O–H groups in total. The van der Waals surface area contributed by atoms with Gasteiger partial charge in [-0.15, -0.1) is 0 Å². The fraction of sp³-hybridized carbons (Fsp3) is 0. The zero-order valence-corrected chi connectivity index (χ0v) is 21.6. The molecule has 2 heteroatoms. The highest BCUT2D eigenvalue weighted by Gasteiger charge is 2.16. The van der Waals surface area contributed by atoms with Crippen molar-refractivity contribution in [3.63, 3.8) is 0 Å². The Morgan fingerprint density at radius 3 is 1.35 bits per heavy atom. The van der Waals surface area contributed by atoms with Crippen molar-refractivity contribution in [3.8, 4) is 22.5 Å². The van der Waals surface area contributed by atoms with Gasteiger partial charge in [0.15, 0.2) is 0 Å². The summed E-state index contributed by atoms with van der Waals surface area (Å²) in [5, 5.41) is 15.3. The highest BCUT2D eigenvalue weighted by Crippen LogP contribution is 2.44. The Labute approximate surface area is 230 Å². The molecule has 40 heavy (non-hydrogen) atoms. The second-order valence-corrected chi connectivity index (χ2v) is 10.6. The summed E-state index contributed by atoms with van der Waals surface area (Å²) in [6.45, 7) is 0. The second-order valence-electron chi connectivity index (χ2n) is 10.6. The van der Waals surface area contributed by atoms with Gasteiger partial charge in [-0.1, -0.05) is 109 Å². The number of nitrogens with zero attached hydrogens (tertiary/aromatic N) is 2. The predicted molar refractivity (Wildman–Crippen MR) is 169 cm³/mol. The van der Waals surface area contributed by atoms with Gasteiger partial charge in [0.1, 0.15) is 0 Å². The van der Waals surface area contributed by atoms with E-state index in [4.69, 9.17) is 9.97 Å². The molecule has 2 nitrogen and oxygen atoms in total. The highest BCUT2D eigenvalue weighted by atomic mass is 14.8. The van der Waals surface area contributed by atoms with Crippen LogP contribution in [-0.2, 0) is 0 Å². The molecule has 0 aliphatic carbocycles. The van der Waals surface area contributed by atoms with Crippen molar-refractivity contribution in [2.45, 2.75) is 0 Å². The zero-order valence-electron chi connectivity index (χ0n) is 21.6. The molecule has 0 bridgehead atoms. The van der Waals surface area contributed by atoms with Crippen LogP contribution in [0.1, 0.15) is 0 Å². The number of rotatable bonds is 2. The lowest BCUT2D eigenvalue weighted by molar-refractivity contribution is 1.21. The molecular formula is C38H22N2. The molecule has 0 spiro atoms. The molecule has 0 atom stereocenters. The third-order valence-electron chi connectivity index (χ3n) is 8.44. The molecule has 0 radical (unpaired) electrons. The van der Waals surface area contributed by atoms with Crippen LogP contribution in [0.4, 0.5) is 0 Å². The fourth-order valence-electron chi connectivity index (χ4n) is 6.67. The SMILES string of the molecule is c1ccc(-c2cnc(-c3cc4ccc5cccc6c7cccc8ccc9cccc(c(c3)c4c56)c9c87)cn2)cc1. The zero-order chi connectivity index (χ0) is 26.2. The van der Waals surface area contributed by atoms with Crippen LogP contribution in [0.3, 0.4) is 0 Å².